The van der Waals surface area contributed by atoms with Crippen LogP contribution in [0.15, 0.2) is 66.7 Å². The highest BCUT2D eigenvalue weighted by Crippen LogP contribution is 2.19. The first kappa shape index (κ1) is 19.9. The number of fused-ring (bicyclic) bond motifs is 1. The van der Waals surface area contributed by atoms with Crippen molar-refractivity contribution in [3.63, 3.8) is 0 Å². The molecule has 1 heterocycles. The second-order valence-electron chi connectivity index (χ2n) is 7.72. The van der Waals surface area contributed by atoms with Crippen molar-refractivity contribution >= 4 is 28.3 Å². The van der Waals surface area contributed by atoms with E-state index in [4.69, 9.17) is 17.3 Å². The van der Waals surface area contributed by atoms with Gasteiger partial charge in [0.2, 0.25) is 5.91 Å². The molecule has 0 bridgehead atoms. The number of hydrogen-bond donors (Lipinski definition) is 2. The second-order valence-corrected chi connectivity index (χ2v) is 8.13. The van der Waals surface area contributed by atoms with Gasteiger partial charge < -0.3 is 16.0 Å². The molecule has 1 amide bonds. The number of halogens is 1. The molecule has 3 aromatic carbocycles. The molecule has 0 radical (unpaired) electrons. The summed E-state index contributed by atoms with van der Waals surface area (Å²) in [5, 5.41) is 6.69. The van der Waals surface area contributed by atoms with Crippen molar-refractivity contribution in [3.8, 4) is 0 Å². The van der Waals surface area contributed by atoms with Crippen LogP contribution in [0.2, 0.25) is 5.02 Å². The summed E-state index contributed by atoms with van der Waals surface area (Å²) in [5.41, 5.74) is 8.43. The molecule has 4 rings (SSSR count). The summed E-state index contributed by atoms with van der Waals surface area (Å²) < 4.78 is 0. The van der Waals surface area contributed by atoms with Crippen molar-refractivity contribution in [2.75, 3.05) is 19.6 Å². The van der Waals surface area contributed by atoms with Gasteiger partial charge in [0.15, 0.2) is 0 Å². The van der Waals surface area contributed by atoms with E-state index in [-0.39, 0.29) is 11.9 Å². The Labute approximate surface area is 176 Å². The summed E-state index contributed by atoms with van der Waals surface area (Å²) in [4.78, 5) is 14.8. The van der Waals surface area contributed by atoms with E-state index in [1.54, 1.807) is 0 Å². The fraction of sp³-hybridized carbons (Fsp3) is 0.292. The number of nitrogens with two attached hydrogens (primary N) is 1. The van der Waals surface area contributed by atoms with Crippen molar-refractivity contribution in [3.05, 3.63) is 82.9 Å². The molecule has 0 unspecified atom stereocenters. The van der Waals surface area contributed by atoms with E-state index >= 15 is 0 Å². The number of hydrogen-bond acceptors (Lipinski definition) is 3. The van der Waals surface area contributed by atoms with Gasteiger partial charge in [-0.15, -0.1) is 0 Å². The van der Waals surface area contributed by atoms with Crippen molar-refractivity contribution in [1.82, 2.24) is 10.2 Å². The predicted octanol–water partition coefficient (Wildman–Crippen LogP) is 3.41. The molecule has 0 saturated carbocycles. The van der Waals surface area contributed by atoms with Crippen molar-refractivity contribution in [2.24, 2.45) is 5.73 Å². The Balaban J connectivity index is 1.39. The molecule has 1 fully saturated rings. The molecule has 3 aromatic rings. The zero-order valence-corrected chi connectivity index (χ0v) is 17.1. The molecular formula is C24H26ClN3O. The quantitative estimate of drug-likeness (QED) is 0.681. The summed E-state index contributed by atoms with van der Waals surface area (Å²) in [6.07, 6.45) is 1.34. The fourth-order valence-corrected chi connectivity index (χ4v) is 4.25. The maximum absolute atomic E-state index is 12.9. The van der Waals surface area contributed by atoms with Crippen LogP contribution < -0.4 is 11.1 Å². The molecular weight excluding hydrogens is 382 g/mol. The smallest absolute Gasteiger partial charge is 0.239 e. The summed E-state index contributed by atoms with van der Waals surface area (Å²) in [6.45, 7) is 2.13. The minimum atomic E-state index is -0.575. The molecule has 1 aliphatic heterocycles. The maximum Gasteiger partial charge on any atom is 0.239 e. The molecule has 2 atom stereocenters. The molecule has 150 valence electrons. The monoisotopic (exact) mass is 407 g/mol. The Morgan fingerprint density at radius 1 is 1.10 bits per heavy atom. The highest BCUT2D eigenvalue weighted by atomic mass is 35.5. The topological polar surface area (TPSA) is 58.4 Å². The van der Waals surface area contributed by atoms with E-state index in [1.165, 1.54) is 16.3 Å². The molecule has 29 heavy (non-hydrogen) atoms. The Hall–Kier alpha value is -2.40. The van der Waals surface area contributed by atoms with E-state index in [0.717, 1.165) is 18.5 Å². The van der Waals surface area contributed by atoms with Gasteiger partial charge in [-0.05, 0) is 40.8 Å². The van der Waals surface area contributed by atoms with Crippen molar-refractivity contribution < 1.29 is 4.79 Å². The van der Waals surface area contributed by atoms with Gasteiger partial charge in [0, 0.05) is 30.7 Å². The SMILES string of the molecule is N[C@H](Cc1ccccc1Cl)C(=O)N1CCN[C@H](Cc2ccc3ccccc3c2)C1. The van der Waals surface area contributed by atoms with Crippen LogP contribution in [0.3, 0.4) is 0 Å². The number of nitrogens with zero attached hydrogens (tertiary/aromatic N) is 1. The number of carbonyl (C=O) groups excluding carboxylic acids is 1. The lowest BCUT2D eigenvalue weighted by atomic mass is 9.99. The van der Waals surface area contributed by atoms with E-state index < -0.39 is 6.04 Å². The third kappa shape index (κ3) is 4.78. The first-order chi connectivity index (χ1) is 14.1. The molecule has 0 aromatic heterocycles. The van der Waals surface area contributed by atoms with E-state index in [1.807, 2.05) is 29.2 Å². The van der Waals surface area contributed by atoms with Crippen molar-refractivity contribution in [2.45, 2.75) is 24.9 Å². The highest BCUT2D eigenvalue weighted by Gasteiger charge is 2.27. The highest BCUT2D eigenvalue weighted by molar-refractivity contribution is 6.31. The standard InChI is InChI=1S/C24H26ClN3O/c25-22-8-4-3-7-20(22)15-23(26)24(29)28-12-11-27-21(16-28)14-17-9-10-18-5-1-2-6-19(18)13-17/h1-10,13,21,23,27H,11-12,14-16,26H2/t21-,23-/m1/s1. The van der Waals surface area contributed by atoms with E-state index in [9.17, 15) is 4.79 Å². The summed E-state index contributed by atoms with van der Waals surface area (Å²) >= 11 is 6.22. The van der Waals surface area contributed by atoms with Gasteiger partial charge in [-0.25, -0.2) is 0 Å². The fourth-order valence-electron chi connectivity index (χ4n) is 4.04. The van der Waals surface area contributed by atoms with Crippen LogP contribution in [0, 0.1) is 0 Å². The maximum atomic E-state index is 12.9. The Kier molecular flexibility index (Phi) is 6.14. The largest absolute Gasteiger partial charge is 0.338 e. The number of amides is 1. The molecule has 1 saturated heterocycles. The first-order valence-corrected chi connectivity index (χ1v) is 10.5. The third-order valence-corrected chi connectivity index (χ3v) is 5.95. The second kappa shape index (κ2) is 8.95. The number of piperazine rings is 1. The molecule has 5 heteroatoms. The van der Waals surface area contributed by atoms with Crippen LogP contribution in [0.5, 0.6) is 0 Å². The van der Waals surface area contributed by atoms with E-state index in [2.05, 4.69) is 47.8 Å². The minimum absolute atomic E-state index is 0.00469. The van der Waals surface area contributed by atoms with Crippen LogP contribution in [-0.4, -0.2) is 42.5 Å². The number of benzene rings is 3. The van der Waals surface area contributed by atoms with Gasteiger partial charge in [0.05, 0.1) is 6.04 Å². The Bertz CT molecular complexity index is 1010. The third-order valence-electron chi connectivity index (χ3n) is 5.58. The van der Waals surface area contributed by atoms with E-state index in [0.29, 0.717) is 24.5 Å². The number of rotatable bonds is 5. The van der Waals surface area contributed by atoms with Gasteiger partial charge in [-0.2, -0.15) is 0 Å². The molecule has 0 spiro atoms. The zero-order chi connectivity index (χ0) is 20.2. The molecule has 0 aliphatic carbocycles. The Morgan fingerprint density at radius 2 is 1.86 bits per heavy atom. The number of nitrogens with one attached hydrogen (secondary N) is 1. The zero-order valence-electron chi connectivity index (χ0n) is 16.4. The normalized spacial score (nSPS) is 18.0. The van der Waals surface area contributed by atoms with Crippen LogP contribution in [0.4, 0.5) is 0 Å². The summed E-state index contributed by atoms with van der Waals surface area (Å²) in [7, 11) is 0. The van der Waals surface area contributed by atoms with Crippen LogP contribution in [0.25, 0.3) is 10.8 Å². The van der Waals surface area contributed by atoms with Crippen LogP contribution >= 0.6 is 11.6 Å². The number of carbonyl (C=O) groups is 1. The van der Waals surface area contributed by atoms with Gasteiger partial charge in [-0.1, -0.05) is 72.3 Å². The van der Waals surface area contributed by atoms with Crippen molar-refractivity contribution in [1.29, 1.82) is 0 Å². The lowest BCUT2D eigenvalue weighted by Gasteiger charge is -2.35. The predicted molar refractivity (Wildman–Crippen MR) is 119 cm³/mol. The lowest BCUT2D eigenvalue weighted by Crippen LogP contribution is -2.57. The van der Waals surface area contributed by atoms with Crippen LogP contribution in [-0.2, 0) is 17.6 Å². The lowest BCUT2D eigenvalue weighted by molar-refractivity contribution is -0.133. The average Bonchev–Trinajstić information content (AvgIpc) is 2.75. The summed E-state index contributed by atoms with van der Waals surface area (Å²) in [5.74, 6) is -0.00469. The average molecular weight is 408 g/mol. The minimum Gasteiger partial charge on any atom is -0.338 e. The van der Waals surface area contributed by atoms with Gasteiger partial charge in [0.1, 0.15) is 0 Å². The molecule has 3 N–H and O–H groups in total. The molecule has 1 aliphatic rings. The van der Waals surface area contributed by atoms with Gasteiger partial charge >= 0.3 is 0 Å². The summed E-state index contributed by atoms with van der Waals surface area (Å²) in [6, 6.07) is 22.2. The Morgan fingerprint density at radius 3 is 2.69 bits per heavy atom. The molecule has 4 nitrogen and oxygen atoms in total. The van der Waals surface area contributed by atoms with Crippen LogP contribution in [0.1, 0.15) is 11.1 Å². The first-order valence-electron chi connectivity index (χ1n) is 10.1. The van der Waals surface area contributed by atoms with Gasteiger partial charge in [0.25, 0.3) is 0 Å². The van der Waals surface area contributed by atoms with Gasteiger partial charge in [-0.3, -0.25) is 4.79 Å².